The van der Waals surface area contributed by atoms with Gasteiger partial charge in [-0.2, -0.15) is 0 Å². The molecule has 0 aromatic heterocycles. The maximum atomic E-state index is 10.6. The molecule has 2 heteroatoms. The van der Waals surface area contributed by atoms with Crippen LogP contribution >= 0.6 is 0 Å². The van der Waals surface area contributed by atoms with Crippen molar-refractivity contribution in [3.8, 4) is 0 Å². The molecule has 1 N–H and O–H groups in total. The number of Topliss-reactive ketones (excluding diaryl/α,β-unsaturated/α-hetero) is 1. The van der Waals surface area contributed by atoms with Crippen LogP contribution in [0, 0.1) is 0 Å². The number of dihydropyridines is 1. The van der Waals surface area contributed by atoms with Crippen molar-refractivity contribution in [2.24, 2.45) is 0 Å². The summed E-state index contributed by atoms with van der Waals surface area (Å²) >= 11 is 0. The van der Waals surface area contributed by atoms with Gasteiger partial charge in [-0.1, -0.05) is 12.2 Å². The Labute approximate surface area is 60.6 Å². The van der Waals surface area contributed by atoms with Gasteiger partial charge in [0.2, 0.25) is 0 Å². The molecule has 0 spiro atoms. The lowest BCUT2D eigenvalue weighted by molar-refractivity contribution is -0.117. The molecule has 0 saturated carbocycles. The summed E-state index contributed by atoms with van der Waals surface area (Å²) in [6.45, 7) is 1.60. The molecular weight excluding hydrogens is 126 g/mol. The fourth-order valence-corrected chi connectivity index (χ4v) is 0.925. The van der Waals surface area contributed by atoms with Crippen molar-refractivity contribution in [3.05, 3.63) is 24.4 Å². The van der Waals surface area contributed by atoms with E-state index in [4.69, 9.17) is 0 Å². The third-order valence-corrected chi connectivity index (χ3v) is 1.37. The topological polar surface area (TPSA) is 29.1 Å². The molecule has 1 aliphatic heterocycles. The number of nitrogens with one attached hydrogen (secondary N) is 1. The van der Waals surface area contributed by atoms with E-state index in [1.165, 1.54) is 0 Å². The molecule has 0 aliphatic carbocycles. The lowest BCUT2D eigenvalue weighted by Gasteiger charge is -2.12. The smallest absolute Gasteiger partial charge is 0.132 e. The van der Waals surface area contributed by atoms with E-state index in [0.717, 1.165) is 0 Å². The Hall–Kier alpha value is -1.05. The van der Waals surface area contributed by atoms with Crippen LogP contribution in [0.3, 0.4) is 0 Å². The van der Waals surface area contributed by atoms with Gasteiger partial charge >= 0.3 is 0 Å². The monoisotopic (exact) mass is 137 g/mol. The van der Waals surface area contributed by atoms with Crippen LogP contribution in [-0.2, 0) is 4.79 Å². The molecule has 1 rings (SSSR count). The summed E-state index contributed by atoms with van der Waals surface area (Å²) in [4.78, 5) is 10.6. The molecule has 0 aromatic rings. The fourth-order valence-electron chi connectivity index (χ4n) is 0.925. The van der Waals surface area contributed by atoms with E-state index in [9.17, 15) is 4.79 Å². The lowest BCUT2D eigenvalue weighted by Crippen LogP contribution is -2.25. The molecule has 0 bridgehead atoms. The van der Waals surface area contributed by atoms with Gasteiger partial charge in [-0.05, 0) is 19.2 Å². The van der Waals surface area contributed by atoms with Crippen molar-refractivity contribution in [3.63, 3.8) is 0 Å². The van der Waals surface area contributed by atoms with Gasteiger partial charge < -0.3 is 5.32 Å². The SMILES string of the molecule is CC(=O)CC1C=CC=CN1. The summed E-state index contributed by atoms with van der Waals surface area (Å²) in [6.07, 6.45) is 8.29. The molecule has 0 aromatic carbocycles. The number of hydrogen-bond acceptors (Lipinski definition) is 2. The predicted octanol–water partition coefficient (Wildman–Crippen LogP) is 1.01. The molecule has 0 fully saturated rings. The maximum Gasteiger partial charge on any atom is 0.132 e. The Morgan fingerprint density at radius 3 is 2.90 bits per heavy atom. The number of carbonyl (C=O) groups is 1. The van der Waals surface area contributed by atoms with Crippen molar-refractivity contribution in [2.75, 3.05) is 0 Å². The zero-order valence-electron chi connectivity index (χ0n) is 6.00. The fraction of sp³-hybridized carbons (Fsp3) is 0.375. The van der Waals surface area contributed by atoms with E-state index < -0.39 is 0 Å². The van der Waals surface area contributed by atoms with Crippen LogP contribution in [0.4, 0.5) is 0 Å². The Kier molecular flexibility index (Phi) is 2.26. The van der Waals surface area contributed by atoms with Crippen LogP contribution in [0.2, 0.25) is 0 Å². The predicted molar refractivity (Wildman–Crippen MR) is 40.5 cm³/mol. The van der Waals surface area contributed by atoms with Gasteiger partial charge in [0.15, 0.2) is 0 Å². The normalized spacial score (nSPS) is 22.3. The van der Waals surface area contributed by atoms with E-state index in [2.05, 4.69) is 5.32 Å². The summed E-state index contributed by atoms with van der Waals surface area (Å²) in [6, 6.07) is 0.211. The Morgan fingerprint density at radius 1 is 1.60 bits per heavy atom. The summed E-state index contributed by atoms with van der Waals surface area (Å²) in [5.74, 6) is 0.220. The number of rotatable bonds is 2. The molecule has 0 amide bonds. The van der Waals surface area contributed by atoms with Crippen LogP contribution in [-0.4, -0.2) is 11.8 Å². The summed E-state index contributed by atoms with van der Waals surface area (Å²) < 4.78 is 0. The van der Waals surface area contributed by atoms with E-state index in [1.54, 1.807) is 6.92 Å². The highest BCUT2D eigenvalue weighted by molar-refractivity contribution is 5.76. The van der Waals surface area contributed by atoms with Crippen molar-refractivity contribution < 1.29 is 4.79 Å². The average molecular weight is 137 g/mol. The first-order valence-corrected chi connectivity index (χ1v) is 3.38. The molecule has 0 radical (unpaired) electrons. The number of allylic oxidation sites excluding steroid dienone is 2. The average Bonchev–Trinajstić information content (AvgIpc) is 1.88. The van der Waals surface area contributed by atoms with E-state index in [1.807, 2.05) is 24.4 Å². The minimum atomic E-state index is 0.211. The molecule has 2 nitrogen and oxygen atoms in total. The molecule has 0 saturated heterocycles. The highest BCUT2D eigenvalue weighted by Crippen LogP contribution is 1.99. The highest BCUT2D eigenvalue weighted by atomic mass is 16.1. The van der Waals surface area contributed by atoms with Gasteiger partial charge in [0.05, 0.1) is 6.04 Å². The Morgan fingerprint density at radius 2 is 2.40 bits per heavy atom. The first-order valence-electron chi connectivity index (χ1n) is 3.38. The van der Waals surface area contributed by atoms with Crippen molar-refractivity contribution >= 4 is 5.78 Å². The molecule has 1 aliphatic rings. The van der Waals surface area contributed by atoms with Crippen molar-refractivity contribution in [2.45, 2.75) is 19.4 Å². The van der Waals surface area contributed by atoms with Crippen LogP contribution in [0.5, 0.6) is 0 Å². The third-order valence-electron chi connectivity index (χ3n) is 1.37. The minimum Gasteiger partial charge on any atom is -0.384 e. The minimum absolute atomic E-state index is 0.211. The summed E-state index contributed by atoms with van der Waals surface area (Å²) in [5, 5.41) is 3.06. The van der Waals surface area contributed by atoms with Crippen LogP contribution in [0.1, 0.15) is 13.3 Å². The largest absolute Gasteiger partial charge is 0.384 e. The van der Waals surface area contributed by atoms with Gasteiger partial charge in [-0.15, -0.1) is 0 Å². The first kappa shape index (κ1) is 7.06. The Bertz CT molecular complexity index is 182. The van der Waals surface area contributed by atoms with Crippen LogP contribution < -0.4 is 5.32 Å². The molecule has 10 heavy (non-hydrogen) atoms. The Balaban J connectivity index is 2.37. The van der Waals surface area contributed by atoms with E-state index >= 15 is 0 Å². The highest BCUT2D eigenvalue weighted by Gasteiger charge is 2.05. The summed E-state index contributed by atoms with van der Waals surface area (Å²) in [5.41, 5.74) is 0. The third kappa shape index (κ3) is 2.05. The second-order valence-electron chi connectivity index (χ2n) is 2.42. The standard InChI is InChI=1S/C8H11NO/c1-7(10)6-8-4-2-3-5-9-8/h2-5,8-9H,6H2,1H3. The summed E-state index contributed by atoms with van der Waals surface area (Å²) in [7, 11) is 0. The molecule has 54 valence electrons. The van der Waals surface area contributed by atoms with Gasteiger partial charge in [-0.25, -0.2) is 0 Å². The molecular formula is C8H11NO. The van der Waals surface area contributed by atoms with Crippen molar-refractivity contribution in [1.29, 1.82) is 0 Å². The van der Waals surface area contributed by atoms with Gasteiger partial charge in [0.25, 0.3) is 0 Å². The molecule has 1 unspecified atom stereocenters. The quantitative estimate of drug-likeness (QED) is 0.615. The number of hydrogen-bond donors (Lipinski definition) is 1. The van der Waals surface area contributed by atoms with Crippen LogP contribution in [0.25, 0.3) is 0 Å². The maximum absolute atomic E-state index is 10.6. The zero-order chi connectivity index (χ0) is 7.40. The second kappa shape index (κ2) is 3.20. The first-order chi connectivity index (χ1) is 4.79. The molecule has 1 heterocycles. The van der Waals surface area contributed by atoms with Gasteiger partial charge in [-0.3, -0.25) is 4.79 Å². The molecule has 1 atom stereocenters. The van der Waals surface area contributed by atoms with Gasteiger partial charge in [0, 0.05) is 6.42 Å². The van der Waals surface area contributed by atoms with Gasteiger partial charge in [0.1, 0.15) is 5.78 Å². The number of ketones is 1. The number of carbonyl (C=O) groups excluding carboxylic acids is 1. The lowest BCUT2D eigenvalue weighted by atomic mass is 10.1. The van der Waals surface area contributed by atoms with Crippen molar-refractivity contribution in [1.82, 2.24) is 5.32 Å². The zero-order valence-corrected chi connectivity index (χ0v) is 6.00. The second-order valence-corrected chi connectivity index (χ2v) is 2.42. The van der Waals surface area contributed by atoms with Crippen LogP contribution in [0.15, 0.2) is 24.4 Å². The van der Waals surface area contributed by atoms with E-state index in [0.29, 0.717) is 6.42 Å². The van der Waals surface area contributed by atoms with E-state index in [-0.39, 0.29) is 11.8 Å².